The summed E-state index contributed by atoms with van der Waals surface area (Å²) in [7, 11) is 0. The minimum absolute atomic E-state index is 0.258. The van der Waals surface area contributed by atoms with Gasteiger partial charge in [0.25, 0.3) is 0 Å². The molecule has 3 unspecified atom stereocenters. The Kier molecular flexibility index (Phi) is 4.60. The van der Waals surface area contributed by atoms with Crippen LogP contribution in [0.15, 0.2) is 9.98 Å². The van der Waals surface area contributed by atoms with Crippen molar-refractivity contribution in [3.8, 4) is 0 Å². The number of nitrogens with zero attached hydrogens (tertiary/aromatic N) is 2. The van der Waals surface area contributed by atoms with Crippen LogP contribution in [0.3, 0.4) is 0 Å². The van der Waals surface area contributed by atoms with Crippen molar-refractivity contribution in [2.75, 3.05) is 6.54 Å². The van der Waals surface area contributed by atoms with Crippen LogP contribution in [0.5, 0.6) is 0 Å². The topological polar surface area (TPSA) is 58.9 Å². The second-order valence-electron chi connectivity index (χ2n) is 4.80. The zero-order valence-electron chi connectivity index (χ0n) is 9.90. The molecule has 1 rings (SSSR count). The molecule has 4 heteroatoms. The Balaban J connectivity index is 2.59. The van der Waals surface area contributed by atoms with Gasteiger partial charge in [0.2, 0.25) is 12.2 Å². The van der Waals surface area contributed by atoms with E-state index in [1.807, 2.05) is 6.92 Å². The molecular formula is C12H18N2O2. The summed E-state index contributed by atoms with van der Waals surface area (Å²) in [5, 5.41) is 0. The minimum Gasteiger partial charge on any atom is -0.211 e. The Bertz CT molecular complexity index is 330. The number of hydrogen-bond donors (Lipinski definition) is 0. The molecule has 0 saturated heterocycles. The zero-order chi connectivity index (χ0) is 12.0. The second-order valence-corrected chi connectivity index (χ2v) is 4.80. The summed E-state index contributed by atoms with van der Waals surface area (Å²) >= 11 is 0. The normalized spacial score (nSPS) is 32.9. The molecule has 1 aliphatic rings. The summed E-state index contributed by atoms with van der Waals surface area (Å²) in [5.41, 5.74) is -0.258. The van der Waals surface area contributed by atoms with E-state index in [2.05, 4.69) is 16.9 Å². The van der Waals surface area contributed by atoms with E-state index in [1.165, 1.54) is 6.08 Å². The maximum atomic E-state index is 10.4. The van der Waals surface area contributed by atoms with Gasteiger partial charge in [0.1, 0.15) is 0 Å². The molecule has 88 valence electrons. The standard InChI is InChI=1S/C12H18N2O2/c1-10-5-6-12(2,14-9-16)11(10)4-3-7-13-8-15/h10-11H,3-7H2,1-2H3. The molecule has 1 fully saturated rings. The van der Waals surface area contributed by atoms with Crippen LogP contribution in [-0.4, -0.2) is 24.2 Å². The van der Waals surface area contributed by atoms with E-state index in [0.717, 1.165) is 25.7 Å². The first-order chi connectivity index (χ1) is 7.64. The first-order valence-corrected chi connectivity index (χ1v) is 5.76. The van der Waals surface area contributed by atoms with Crippen LogP contribution in [-0.2, 0) is 9.59 Å². The largest absolute Gasteiger partial charge is 0.235 e. The maximum Gasteiger partial charge on any atom is 0.235 e. The summed E-state index contributed by atoms with van der Waals surface area (Å²) in [6.07, 6.45) is 7.09. The van der Waals surface area contributed by atoms with Crippen LogP contribution in [0, 0.1) is 11.8 Å². The van der Waals surface area contributed by atoms with Crippen LogP contribution in [0.1, 0.15) is 39.5 Å². The first-order valence-electron chi connectivity index (χ1n) is 5.76. The molecule has 0 aromatic carbocycles. The average molecular weight is 222 g/mol. The van der Waals surface area contributed by atoms with Gasteiger partial charge in [0.15, 0.2) is 0 Å². The number of carbonyl (C=O) groups excluding carboxylic acids is 2. The molecule has 0 radical (unpaired) electrons. The third-order valence-corrected chi connectivity index (χ3v) is 3.74. The van der Waals surface area contributed by atoms with Crippen LogP contribution < -0.4 is 0 Å². The van der Waals surface area contributed by atoms with E-state index in [4.69, 9.17) is 0 Å². The number of aliphatic imine (C=N–C) groups is 2. The number of hydrogen-bond acceptors (Lipinski definition) is 4. The van der Waals surface area contributed by atoms with Gasteiger partial charge in [-0.15, -0.1) is 0 Å². The van der Waals surface area contributed by atoms with Crippen molar-refractivity contribution in [3.05, 3.63) is 0 Å². The van der Waals surface area contributed by atoms with Crippen molar-refractivity contribution in [3.63, 3.8) is 0 Å². The molecule has 0 spiro atoms. The molecular weight excluding hydrogens is 204 g/mol. The molecule has 1 aliphatic carbocycles. The SMILES string of the molecule is CC1CCC(C)(N=C=O)C1CCCN=C=O. The average Bonchev–Trinajstić information content (AvgIpc) is 2.52. The van der Waals surface area contributed by atoms with Gasteiger partial charge in [-0.3, -0.25) is 0 Å². The van der Waals surface area contributed by atoms with Gasteiger partial charge in [-0.25, -0.2) is 14.6 Å². The van der Waals surface area contributed by atoms with Crippen molar-refractivity contribution >= 4 is 12.2 Å². The Labute approximate surface area is 95.9 Å². The highest BCUT2D eigenvalue weighted by molar-refractivity contribution is 5.35. The lowest BCUT2D eigenvalue weighted by molar-refractivity contribution is 0.276. The summed E-state index contributed by atoms with van der Waals surface area (Å²) in [6.45, 7) is 4.74. The molecule has 0 N–H and O–H groups in total. The fraction of sp³-hybridized carbons (Fsp3) is 0.833. The molecule has 0 amide bonds. The highest BCUT2D eigenvalue weighted by Crippen LogP contribution is 2.44. The Morgan fingerprint density at radius 1 is 1.38 bits per heavy atom. The Morgan fingerprint density at radius 3 is 2.75 bits per heavy atom. The van der Waals surface area contributed by atoms with E-state index in [-0.39, 0.29) is 5.54 Å². The van der Waals surface area contributed by atoms with Crippen molar-refractivity contribution in [1.29, 1.82) is 0 Å². The molecule has 16 heavy (non-hydrogen) atoms. The molecule has 0 bridgehead atoms. The number of isocyanates is 2. The predicted octanol–water partition coefficient (Wildman–Crippen LogP) is 2.24. The Morgan fingerprint density at radius 2 is 2.12 bits per heavy atom. The van der Waals surface area contributed by atoms with Crippen molar-refractivity contribution in [2.45, 2.75) is 45.1 Å². The van der Waals surface area contributed by atoms with Gasteiger partial charge in [-0.1, -0.05) is 6.92 Å². The summed E-state index contributed by atoms with van der Waals surface area (Å²) in [6, 6.07) is 0. The third-order valence-electron chi connectivity index (χ3n) is 3.74. The van der Waals surface area contributed by atoms with Crippen LogP contribution in [0.25, 0.3) is 0 Å². The summed E-state index contributed by atoms with van der Waals surface area (Å²) < 4.78 is 0. The fourth-order valence-electron chi connectivity index (χ4n) is 2.79. The van der Waals surface area contributed by atoms with Crippen molar-refractivity contribution in [1.82, 2.24) is 0 Å². The maximum absolute atomic E-state index is 10.4. The van der Waals surface area contributed by atoms with Gasteiger partial charge >= 0.3 is 0 Å². The quantitative estimate of drug-likeness (QED) is 0.407. The molecule has 0 aromatic rings. The smallest absolute Gasteiger partial charge is 0.211 e. The summed E-state index contributed by atoms with van der Waals surface area (Å²) in [4.78, 5) is 27.9. The van der Waals surface area contributed by atoms with Gasteiger partial charge in [0, 0.05) is 0 Å². The first kappa shape index (κ1) is 12.8. The fourth-order valence-corrected chi connectivity index (χ4v) is 2.79. The van der Waals surface area contributed by atoms with E-state index in [1.54, 1.807) is 6.08 Å². The molecule has 0 heterocycles. The summed E-state index contributed by atoms with van der Waals surface area (Å²) in [5.74, 6) is 0.970. The van der Waals surface area contributed by atoms with Crippen molar-refractivity contribution in [2.24, 2.45) is 21.8 Å². The lowest BCUT2D eigenvalue weighted by Crippen LogP contribution is -2.29. The predicted molar refractivity (Wildman–Crippen MR) is 60.6 cm³/mol. The molecule has 4 nitrogen and oxygen atoms in total. The molecule has 1 saturated carbocycles. The molecule has 0 aromatic heterocycles. The van der Waals surface area contributed by atoms with Crippen molar-refractivity contribution < 1.29 is 9.59 Å². The molecule has 0 aliphatic heterocycles. The molecule has 3 atom stereocenters. The Hall–Kier alpha value is -1.24. The van der Waals surface area contributed by atoms with Gasteiger partial charge in [0.05, 0.1) is 12.1 Å². The van der Waals surface area contributed by atoms with Gasteiger partial charge in [-0.05, 0) is 44.4 Å². The second kappa shape index (κ2) is 5.74. The van der Waals surface area contributed by atoms with Crippen LogP contribution >= 0.6 is 0 Å². The zero-order valence-corrected chi connectivity index (χ0v) is 9.90. The monoisotopic (exact) mass is 222 g/mol. The van der Waals surface area contributed by atoms with Gasteiger partial charge in [-0.2, -0.15) is 4.99 Å². The van der Waals surface area contributed by atoms with Gasteiger partial charge < -0.3 is 0 Å². The van der Waals surface area contributed by atoms with Crippen LogP contribution in [0.4, 0.5) is 0 Å². The lowest BCUT2D eigenvalue weighted by atomic mass is 9.82. The van der Waals surface area contributed by atoms with E-state index in [0.29, 0.717) is 18.4 Å². The third kappa shape index (κ3) is 2.88. The highest BCUT2D eigenvalue weighted by atomic mass is 16.1. The minimum atomic E-state index is -0.258. The number of rotatable bonds is 5. The van der Waals surface area contributed by atoms with E-state index in [9.17, 15) is 9.59 Å². The lowest BCUT2D eigenvalue weighted by Gasteiger charge is -2.27. The van der Waals surface area contributed by atoms with Crippen LogP contribution in [0.2, 0.25) is 0 Å². The van der Waals surface area contributed by atoms with E-state index >= 15 is 0 Å². The highest BCUT2D eigenvalue weighted by Gasteiger charge is 2.42. The van der Waals surface area contributed by atoms with E-state index < -0.39 is 0 Å².